The molecule has 0 spiro atoms. The lowest BCUT2D eigenvalue weighted by Crippen LogP contribution is -2.37. The first-order chi connectivity index (χ1) is 17.3. The van der Waals surface area contributed by atoms with Gasteiger partial charge < -0.3 is 10.6 Å². The third-order valence-corrected chi connectivity index (χ3v) is 7.74. The first-order valence-electron chi connectivity index (χ1n) is 11.5. The summed E-state index contributed by atoms with van der Waals surface area (Å²) in [6.07, 6.45) is 2.52. The minimum Gasteiger partial charge on any atom is -0.384 e. The van der Waals surface area contributed by atoms with Crippen LogP contribution in [0, 0.1) is 5.41 Å². The van der Waals surface area contributed by atoms with Crippen LogP contribution in [-0.4, -0.2) is 36.6 Å². The van der Waals surface area contributed by atoms with Crippen LogP contribution in [0.3, 0.4) is 0 Å². The molecule has 0 unspecified atom stereocenters. The van der Waals surface area contributed by atoms with Gasteiger partial charge in [-0.05, 0) is 47.4 Å². The molecule has 0 saturated carbocycles. The molecule has 190 valence electrons. The average Bonchev–Trinajstić information content (AvgIpc) is 2.88. The second kappa shape index (κ2) is 10.6. The largest absolute Gasteiger partial charge is 0.384 e. The predicted octanol–water partition coefficient (Wildman–Crippen LogP) is 3.87. The molecule has 1 amide bonds. The molecule has 1 aliphatic heterocycles. The van der Waals surface area contributed by atoms with E-state index in [9.17, 15) is 13.2 Å². The molecule has 0 saturated heterocycles. The number of aromatic nitrogens is 1. The first kappa shape index (κ1) is 26.1. The number of pyridine rings is 1. The maximum Gasteiger partial charge on any atom is 0.264 e. The van der Waals surface area contributed by atoms with E-state index in [1.165, 1.54) is 0 Å². The van der Waals surface area contributed by atoms with Crippen molar-refractivity contribution in [2.45, 2.75) is 24.3 Å². The lowest BCUT2D eigenvalue weighted by Gasteiger charge is -2.29. The van der Waals surface area contributed by atoms with Crippen LogP contribution in [0.15, 0.2) is 83.9 Å². The Morgan fingerprint density at radius 2 is 1.78 bits per heavy atom. The molecular weight excluding hydrogens is 510 g/mol. The van der Waals surface area contributed by atoms with E-state index in [1.54, 1.807) is 53.6 Å². The van der Waals surface area contributed by atoms with Crippen LogP contribution in [0.2, 0.25) is 0 Å². The standard InChI is InChI=1S/C27H25N5O3S.ClH/c28-27(29)21-8-6-18(7-9-21)15-25(33)32-14-12-19-10-11-23(16-22(19)17-32)31-36(34,35)24-5-1-3-20-4-2-13-30-26(20)24;/h1-11,13,16,31H,12,14-15,17H2,(H3,28,29);1H. The maximum atomic E-state index is 13.2. The number of nitrogens with two attached hydrogens (primary N) is 1. The maximum absolute atomic E-state index is 13.2. The van der Waals surface area contributed by atoms with Crippen molar-refractivity contribution in [1.29, 1.82) is 5.41 Å². The van der Waals surface area contributed by atoms with E-state index in [0.717, 1.165) is 22.1 Å². The molecule has 5 rings (SSSR count). The molecule has 0 atom stereocenters. The molecule has 2 heterocycles. The molecule has 3 aromatic carbocycles. The normalized spacial score (nSPS) is 12.9. The fraction of sp³-hybridized carbons (Fsp3) is 0.148. The number of hydrogen-bond acceptors (Lipinski definition) is 5. The van der Waals surface area contributed by atoms with Crippen LogP contribution < -0.4 is 10.5 Å². The predicted molar refractivity (Wildman–Crippen MR) is 147 cm³/mol. The number of halogens is 1. The third kappa shape index (κ3) is 5.58. The van der Waals surface area contributed by atoms with E-state index in [1.807, 2.05) is 30.3 Å². The zero-order valence-electron chi connectivity index (χ0n) is 19.8. The van der Waals surface area contributed by atoms with Gasteiger partial charge in [-0.2, -0.15) is 0 Å². The molecule has 37 heavy (non-hydrogen) atoms. The van der Waals surface area contributed by atoms with Crippen molar-refractivity contribution >= 4 is 50.8 Å². The van der Waals surface area contributed by atoms with Gasteiger partial charge in [0.05, 0.1) is 11.9 Å². The fourth-order valence-electron chi connectivity index (χ4n) is 4.43. The Bertz CT molecular complexity index is 1580. The van der Waals surface area contributed by atoms with Crippen LogP contribution in [0.4, 0.5) is 5.69 Å². The number of carbonyl (C=O) groups excluding carboxylic acids is 1. The highest BCUT2D eigenvalue weighted by Crippen LogP contribution is 2.27. The van der Waals surface area contributed by atoms with Crippen LogP contribution in [0.5, 0.6) is 0 Å². The number of amides is 1. The van der Waals surface area contributed by atoms with Gasteiger partial charge in [0.1, 0.15) is 10.7 Å². The summed E-state index contributed by atoms with van der Waals surface area (Å²) in [6.45, 7) is 1.01. The number of para-hydroxylation sites is 1. The molecule has 0 radical (unpaired) electrons. The second-order valence-electron chi connectivity index (χ2n) is 8.77. The number of rotatable bonds is 6. The number of amidine groups is 1. The summed E-state index contributed by atoms with van der Waals surface area (Å²) in [6, 6.07) is 21.2. The second-order valence-corrected chi connectivity index (χ2v) is 10.4. The molecule has 4 aromatic rings. The van der Waals surface area contributed by atoms with Gasteiger partial charge in [-0.15, -0.1) is 12.4 Å². The van der Waals surface area contributed by atoms with Gasteiger partial charge in [-0.25, -0.2) is 8.42 Å². The van der Waals surface area contributed by atoms with Crippen molar-refractivity contribution in [3.05, 3.63) is 101 Å². The smallest absolute Gasteiger partial charge is 0.264 e. The summed E-state index contributed by atoms with van der Waals surface area (Å²) in [7, 11) is -3.86. The van der Waals surface area contributed by atoms with E-state index in [-0.39, 0.29) is 35.5 Å². The number of nitrogen functional groups attached to an aromatic ring is 1. The molecule has 1 aromatic heterocycles. The van der Waals surface area contributed by atoms with Gasteiger partial charge in [0.25, 0.3) is 10.0 Å². The Morgan fingerprint density at radius 1 is 1.03 bits per heavy atom. The van der Waals surface area contributed by atoms with E-state index >= 15 is 0 Å². The number of hydrogen-bond donors (Lipinski definition) is 3. The minimum absolute atomic E-state index is 0. The van der Waals surface area contributed by atoms with Gasteiger partial charge in [0, 0.05) is 35.9 Å². The van der Waals surface area contributed by atoms with Crippen LogP contribution >= 0.6 is 12.4 Å². The first-order valence-corrected chi connectivity index (χ1v) is 13.0. The highest BCUT2D eigenvalue weighted by molar-refractivity contribution is 7.93. The highest BCUT2D eigenvalue weighted by atomic mass is 35.5. The van der Waals surface area contributed by atoms with Crippen LogP contribution in [-0.2, 0) is 34.2 Å². The molecule has 10 heteroatoms. The fourth-order valence-corrected chi connectivity index (χ4v) is 5.66. The number of sulfonamides is 1. The average molecular weight is 536 g/mol. The van der Waals surface area contributed by atoms with Crippen molar-refractivity contribution < 1.29 is 13.2 Å². The topological polar surface area (TPSA) is 129 Å². The number of benzene rings is 3. The molecule has 8 nitrogen and oxygen atoms in total. The van der Waals surface area contributed by atoms with Gasteiger partial charge in [-0.1, -0.05) is 48.5 Å². The molecule has 0 aliphatic carbocycles. The van der Waals surface area contributed by atoms with Crippen molar-refractivity contribution in [3.8, 4) is 0 Å². The van der Waals surface area contributed by atoms with Gasteiger partial charge in [-0.3, -0.25) is 19.9 Å². The van der Waals surface area contributed by atoms with E-state index in [2.05, 4.69) is 9.71 Å². The van der Waals surface area contributed by atoms with E-state index < -0.39 is 10.0 Å². The zero-order valence-corrected chi connectivity index (χ0v) is 21.5. The molecular formula is C27H26ClN5O3S. The summed E-state index contributed by atoms with van der Waals surface area (Å²) in [4.78, 5) is 19.1. The zero-order chi connectivity index (χ0) is 25.3. The highest BCUT2D eigenvalue weighted by Gasteiger charge is 2.23. The molecule has 0 fully saturated rings. The number of fused-ring (bicyclic) bond motifs is 2. The number of nitrogens with one attached hydrogen (secondary N) is 2. The van der Waals surface area contributed by atoms with Gasteiger partial charge >= 0.3 is 0 Å². The Morgan fingerprint density at radius 3 is 2.54 bits per heavy atom. The van der Waals surface area contributed by atoms with Crippen molar-refractivity contribution in [2.24, 2.45) is 5.73 Å². The number of nitrogens with zero attached hydrogens (tertiary/aromatic N) is 2. The van der Waals surface area contributed by atoms with Crippen LogP contribution in [0.1, 0.15) is 22.3 Å². The molecule has 4 N–H and O–H groups in total. The Labute approximate surface area is 221 Å². The van der Waals surface area contributed by atoms with Crippen molar-refractivity contribution in [1.82, 2.24) is 9.88 Å². The summed E-state index contributed by atoms with van der Waals surface area (Å²) in [5.41, 5.74) is 9.83. The lowest BCUT2D eigenvalue weighted by molar-refractivity contribution is -0.131. The van der Waals surface area contributed by atoms with E-state index in [4.69, 9.17) is 11.1 Å². The van der Waals surface area contributed by atoms with Crippen molar-refractivity contribution in [2.75, 3.05) is 11.3 Å². The SMILES string of the molecule is Cl.N=C(N)c1ccc(CC(=O)N2CCc3ccc(NS(=O)(=O)c4cccc5cccnc45)cc3C2)cc1. The Balaban J connectivity index is 0.00000320. The monoisotopic (exact) mass is 535 g/mol. The van der Waals surface area contributed by atoms with Crippen LogP contribution in [0.25, 0.3) is 10.9 Å². The Hall–Kier alpha value is -3.95. The quantitative estimate of drug-likeness (QED) is 0.255. The van der Waals surface area contributed by atoms with Gasteiger partial charge in [0.15, 0.2) is 0 Å². The Kier molecular flexibility index (Phi) is 7.47. The summed E-state index contributed by atoms with van der Waals surface area (Å²) in [5, 5.41) is 8.24. The number of anilines is 1. The summed E-state index contributed by atoms with van der Waals surface area (Å²) >= 11 is 0. The minimum atomic E-state index is -3.86. The third-order valence-electron chi connectivity index (χ3n) is 6.33. The van der Waals surface area contributed by atoms with Crippen molar-refractivity contribution in [3.63, 3.8) is 0 Å². The lowest BCUT2D eigenvalue weighted by atomic mass is 9.98. The number of carbonyl (C=O) groups is 1. The summed E-state index contributed by atoms with van der Waals surface area (Å²) < 4.78 is 29.1. The van der Waals surface area contributed by atoms with E-state index in [0.29, 0.717) is 36.3 Å². The summed E-state index contributed by atoms with van der Waals surface area (Å²) in [5.74, 6) is -0.0207. The molecule has 0 bridgehead atoms. The molecule has 1 aliphatic rings. The van der Waals surface area contributed by atoms with Gasteiger partial charge in [0.2, 0.25) is 5.91 Å².